The van der Waals surface area contributed by atoms with Crippen LogP contribution in [-0.4, -0.2) is 64.7 Å². The summed E-state index contributed by atoms with van der Waals surface area (Å²) >= 11 is 0. The summed E-state index contributed by atoms with van der Waals surface area (Å²) in [6.07, 6.45) is 11.8. The number of allylic oxidation sites excluding steroid dienone is 4. The first-order valence-electron chi connectivity index (χ1n) is 15.2. The van der Waals surface area contributed by atoms with Crippen LogP contribution in [0.3, 0.4) is 0 Å². The van der Waals surface area contributed by atoms with Crippen molar-refractivity contribution in [2.75, 3.05) is 6.61 Å². The van der Waals surface area contributed by atoms with Crippen LogP contribution < -0.4 is 0 Å². The second-order valence-corrected chi connectivity index (χ2v) is 13.4. The number of carbonyl (C=O) groups is 1. The fourth-order valence-corrected chi connectivity index (χ4v) is 7.48. The maximum Gasteiger partial charge on any atom is 0.316 e. The van der Waals surface area contributed by atoms with Crippen molar-refractivity contribution in [2.24, 2.45) is 23.7 Å². The van der Waals surface area contributed by atoms with Crippen LogP contribution in [0.25, 0.3) is 0 Å². The van der Waals surface area contributed by atoms with E-state index in [1.54, 1.807) is 13.0 Å². The summed E-state index contributed by atoms with van der Waals surface area (Å²) in [7, 11) is 0. The summed E-state index contributed by atoms with van der Waals surface area (Å²) in [5, 5.41) is 22.9. The van der Waals surface area contributed by atoms with E-state index in [1.165, 1.54) is 5.57 Å². The molecule has 1 aliphatic carbocycles. The first kappa shape index (κ1) is 29.7. The van der Waals surface area contributed by atoms with Gasteiger partial charge in [0.1, 0.15) is 29.8 Å². The molecular formula is C33H48O7. The zero-order chi connectivity index (χ0) is 28.8. The fourth-order valence-electron chi connectivity index (χ4n) is 7.48. The molecule has 0 radical (unpaired) electrons. The number of carbonyl (C=O) groups excluding carboxylic acids is 1. The first-order chi connectivity index (χ1) is 18.9. The standard InChI is InChI=1S/C33H48O7/c1-19(2)29-22(5)12-13-32(40-29)17-26-16-25(39-32)11-10-21(4)14-20(3)8-7-9-24-18-37-30-28(34)23(6)15-27(31(35)38-26)33(24,30)36/h7-10,15,19-20,22,25-30,34,36H,11-14,16-18H2,1-6H3/b8-7+,21-10+,24-9+/t20?,22?,25?,26?,27?,28-,29?,30?,32-,33?/m1/s1. The molecule has 8 unspecified atom stereocenters. The van der Waals surface area contributed by atoms with E-state index < -0.39 is 41.6 Å². The van der Waals surface area contributed by atoms with E-state index in [-0.39, 0.29) is 24.7 Å². The molecule has 0 amide bonds. The molecule has 3 fully saturated rings. The molecule has 5 aliphatic rings. The average molecular weight is 557 g/mol. The van der Waals surface area contributed by atoms with Crippen molar-refractivity contribution in [3.63, 3.8) is 0 Å². The van der Waals surface area contributed by atoms with Crippen LogP contribution in [0, 0.1) is 23.7 Å². The van der Waals surface area contributed by atoms with Gasteiger partial charge in [-0.15, -0.1) is 0 Å². The van der Waals surface area contributed by atoms with E-state index in [1.807, 2.05) is 12.2 Å². The molecule has 1 spiro atoms. The molecular weight excluding hydrogens is 508 g/mol. The molecule has 0 saturated carbocycles. The molecule has 0 aromatic heterocycles. The van der Waals surface area contributed by atoms with E-state index in [0.29, 0.717) is 35.8 Å². The smallest absolute Gasteiger partial charge is 0.316 e. The Hall–Kier alpha value is -1.77. The zero-order valence-electron chi connectivity index (χ0n) is 25.0. The van der Waals surface area contributed by atoms with Crippen molar-refractivity contribution < 1.29 is 34.0 Å². The van der Waals surface area contributed by atoms with Gasteiger partial charge in [0.15, 0.2) is 5.79 Å². The lowest BCUT2D eigenvalue weighted by atomic mass is 9.71. The van der Waals surface area contributed by atoms with Crippen molar-refractivity contribution in [2.45, 2.75) is 122 Å². The van der Waals surface area contributed by atoms with Gasteiger partial charge in [0.05, 0.1) is 18.8 Å². The minimum atomic E-state index is -1.68. The van der Waals surface area contributed by atoms with Crippen LogP contribution in [0.2, 0.25) is 0 Å². The number of ether oxygens (including phenoxy) is 4. The van der Waals surface area contributed by atoms with Crippen molar-refractivity contribution >= 4 is 5.97 Å². The Morgan fingerprint density at radius 2 is 1.90 bits per heavy atom. The van der Waals surface area contributed by atoms with Crippen LogP contribution in [-0.2, 0) is 23.7 Å². The quantitative estimate of drug-likeness (QED) is 0.340. The normalized spacial score (nSPS) is 47.9. The van der Waals surface area contributed by atoms with Gasteiger partial charge in [-0.25, -0.2) is 0 Å². The summed E-state index contributed by atoms with van der Waals surface area (Å²) in [6, 6.07) is 0. The van der Waals surface area contributed by atoms with Crippen LogP contribution in [0.1, 0.15) is 80.1 Å². The van der Waals surface area contributed by atoms with Crippen LogP contribution in [0.15, 0.2) is 47.1 Å². The lowest BCUT2D eigenvalue weighted by molar-refractivity contribution is -0.340. The van der Waals surface area contributed by atoms with Crippen molar-refractivity contribution in [1.82, 2.24) is 0 Å². The lowest BCUT2D eigenvalue weighted by Gasteiger charge is -2.50. The number of aliphatic hydroxyl groups excluding tert-OH is 1. The summed E-state index contributed by atoms with van der Waals surface area (Å²) in [4.78, 5) is 13.9. The fraction of sp³-hybridized carbons (Fsp3) is 0.727. The Bertz CT molecular complexity index is 1090. The molecule has 7 nitrogen and oxygen atoms in total. The summed E-state index contributed by atoms with van der Waals surface area (Å²) in [6.45, 7) is 12.8. The number of esters is 1. The highest BCUT2D eigenvalue weighted by atomic mass is 16.7. The van der Waals surface area contributed by atoms with Crippen molar-refractivity contribution in [1.29, 1.82) is 0 Å². The van der Waals surface area contributed by atoms with E-state index in [2.05, 4.69) is 46.8 Å². The predicted molar refractivity (Wildman–Crippen MR) is 152 cm³/mol. The monoisotopic (exact) mass is 556 g/mol. The third kappa shape index (κ3) is 5.65. The molecule has 4 aliphatic heterocycles. The van der Waals surface area contributed by atoms with Crippen LogP contribution >= 0.6 is 0 Å². The minimum Gasteiger partial charge on any atom is -0.462 e. The molecule has 2 bridgehead atoms. The molecule has 10 atom stereocenters. The second-order valence-electron chi connectivity index (χ2n) is 13.4. The van der Waals surface area contributed by atoms with Crippen LogP contribution in [0.4, 0.5) is 0 Å². The van der Waals surface area contributed by atoms with Gasteiger partial charge >= 0.3 is 5.97 Å². The number of rotatable bonds is 1. The SMILES string of the molecule is CC1=CC2C(=O)OC3CC(C/C=C(\C)CC(C)/C=C/C=C4\COC([C@@H]1O)C42O)O[C@@]1(CCC(C)C(C(C)C)O1)C3. The summed E-state index contributed by atoms with van der Waals surface area (Å²) in [5.74, 6) is -1.22. The maximum atomic E-state index is 13.9. The average Bonchev–Trinajstić information content (AvgIpc) is 3.23. The first-order valence-corrected chi connectivity index (χ1v) is 15.2. The summed E-state index contributed by atoms with van der Waals surface area (Å²) < 4.78 is 25.6. The number of hydrogen-bond donors (Lipinski definition) is 2. The van der Waals surface area contributed by atoms with Gasteiger partial charge in [-0.3, -0.25) is 4.79 Å². The molecule has 3 saturated heterocycles. The zero-order valence-corrected chi connectivity index (χ0v) is 25.0. The molecule has 4 heterocycles. The third-order valence-electron chi connectivity index (χ3n) is 9.67. The lowest BCUT2D eigenvalue weighted by Crippen LogP contribution is -2.58. The minimum absolute atomic E-state index is 0.0712. The molecule has 222 valence electrons. The molecule has 40 heavy (non-hydrogen) atoms. The topological polar surface area (TPSA) is 94.5 Å². The Morgan fingerprint density at radius 3 is 2.65 bits per heavy atom. The Labute approximate surface area is 239 Å². The van der Waals surface area contributed by atoms with Gasteiger partial charge in [0.2, 0.25) is 0 Å². The van der Waals surface area contributed by atoms with Crippen LogP contribution in [0.5, 0.6) is 0 Å². The highest BCUT2D eigenvalue weighted by molar-refractivity contribution is 5.78. The van der Waals surface area contributed by atoms with Crippen molar-refractivity contribution in [3.8, 4) is 0 Å². The highest BCUT2D eigenvalue weighted by Gasteiger charge is 2.60. The van der Waals surface area contributed by atoms with Crippen molar-refractivity contribution in [3.05, 3.63) is 47.1 Å². The Morgan fingerprint density at radius 1 is 1.12 bits per heavy atom. The molecule has 0 aromatic rings. The third-order valence-corrected chi connectivity index (χ3v) is 9.67. The second kappa shape index (κ2) is 11.5. The molecule has 7 heteroatoms. The number of fused-ring (bicyclic) bond motifs is 2. The molecule has 0 aromatic carbocycles. The van der Waals surface area contributed by atoms with Gasteiger partial charge < -0.3 is 29.2 Å². The van der Waals surface area contributed by atoms with E-state index >= 15 is 0 Å². The molecule has 5 rings (SSSR count). The van der Waals surface area contributed by atoms with Gasteiger partial charge in [-0.1, -0.05) is 63.6 Å². The largest absolute Gasteiger partial charge is 0.462 e. The maximum absolute atomic E-state index is 13.9. The van der Waals surface area contributed by atoms with E-state index in [0.717, 1.165) is 25.7 Å². The van der Waals surface area contributed by atoms with Gasteiger partial charge in [0.25, 0.3) is 0 Å². The molecule has 2 N–H and O–H groups in total. The highest BCUT2D eigenvalue weighted by Crippen LogP contribution is 2.47. The predicted octanol–water partition coefficient (Wildman–Crippen LogP) is 5.17. The number of hydrogen-bond acceptors (Lipinski definition) is 7. The van der Waals surface area contributed by atoms with E-state index in [4.69, 9.17) is 18.9 Å². The Kier molecular flexibility index (Phi) is 8.53. The summed E-state index contributed by atoms with van der Waals surface area (Å²) in [5.41, 5.74) is 0.780. The number of aliphatic hydroxyl groups is 2. The van der Waals surface area contributed by atoms with Gasteiger partial charge in [-0.2, -0.15) is 0 Å². The van der Waals surface area contributed by atoms with Gasteiger partial charge in [0, 0.05) is 19.3 Å². The van der Waals surface area contributed by atoms with E-state index in [9.17, 15) is 15.0 Å². The Balaban J connectivity index is 1.51. The van der Waals surface area contributed by atoms with Gasteiger partial charge in [-0.05, 0) is 62.0 Å².